The van der Waals surface area contributed by atoms with Crippen LogP contribution in [0.4, 0.5) is 0 Å². The molecule has 1 amide bonds. The molecule has 0 spiro atoms. The molecule has 1 atom stereocenters. The average molecular weight is 377 g/mol. The summed E-state index contributed by atoms with van der Waals surface area (Å²) in [5.41, 5.74) is 0.566. The summed E-state index contributed by atoms with van der Waals surface area (Å²) >= 11 is 6.18. The van der Waals surface area contributed by atoms with Crippen LogP contribution in [0.25, 0.3) is 0 Å². The molecule has 0 bridgehead atoms. The second-order valence-corrected chi connectivity index (χ2v) is 7.04. The number of hydrogen-bond acceptors (Lipinski definition) is 5. The van der Waals surface area contributed by atoms with E-state index in [0.29, 0.717) is 23.0 Å². The molecular formula is C19H25ClN4O2. The van der Waals surface area contributed by atoms with Crippen molar-refractivity contribution in [3.8, 4) is 0 Å². The van der Waals surface area contributed by atoms with E-state index >= 15 is 0 Å². The Balaban J connectivity index is 1.64. The van der Waals surface area contributed by atoms with Gasteiger partial charge in [0.1, 0.15) is 0 Å². The standard InChI is InChI=1S/C19H25ClN4O2/c1-3-7-17-21-18(26-22-17)14(2)23-10-6-11-24(13-12-23)19(25)15-8-4-5-9-16(15)20/h4-5,8-9,14H,3,6-7,10-13H2,1-2H3/t14-/m0/s1. The highest BCUT2D eigenvalue weighted by molar-refractivity contribution is 6.33. The minimum Gasteiger partial charge on any atom is -0.338 e. The fourth-order valence-corrected chi connectivity index (χ4v) is 3.47. The number of carbonyl (C=O) groups excluding carboxylic acids is 1. The predicted molar refractivity (Wildman–Crippen MR) is 100 cm³/mol. The Morgan fingerprint density at radius 2 is 2.08 bits per heavy atom. The summed E-state index contributed by atoms with van der Waals surface area (Å²) in [6, 6.07) is 7.26. The van der Waals surface area contributed by atoms with Gasteiger partial charge in [0.25, 0.3) is 5.91 Å². The van der Waals surface area contributed by atoms with Gasteiger partial charge in [-0.1, -0.05) is 35.8 Å². The van der Waals surface area contributed by atoms with E-state index in [2.05, 4.69) is 28.9 Å². The molecule has 0 aliphatic carbocycles. The first-order valence-corrected chi connectivity index (χ1v) is 9.58. The monoisotopic (exact) mass is 376 g/mol. The van der Waals surface area contributed by atoms with Crippen LogP contribution < -0.4 is 0 Å². The second-order valence-electron chi connectivity index (χ2n) is 6.64. The maximum Gasteiger partial charge on any atom is 0.255 e. The molecule has 1 aromatic carbocycles. The molecule has 3 rings (SSSR count). The van der Waals surface area contributed by atoms with Crippen molar-refractivity contribution in [1.82, 2.24) is 19.9 Å². The fourth-order valence-electron chi connectivity index (χ4n) is 3.25. The molecule has 2 aromatic rings. The molecule has 1 aliphatic heterocycles. The van der Waals surface area contributed by atoms with Crippen LogP contribution >= 0.6 is 11.6 Å². The van der Waals surface area contributed by atoms with Gasteiger partial charge in [-0.15, -0.1) is 0 Å². The number of aryl methyl sites for hydroxylation is 1. The van der Waals surface area contributed by atoms with E-state index in [9.17, 15) is 4.79 Å². The smallest absolute Gasteiger partial charge is 0.255 e. The Morgan fingerprint density at radius 3 is 2.85 bits per heavy atom. The van der Waals surface area contributed by atoms with E-state index in [1.165, 1.54) is 0 Å². The summed E-state index contributed by atoms with van der Waals surface area (Å²) < 4.78 is 5.43. The van der Waals surface area contributed by atoms with E-state index < -0.39 is 0 Å². The van der Waals surface area contributed by atoms with E-state index in [1.807, 2.05) is 17.0 Å². The lowest BCUT2D eigenvalue weighted by Crippen LogP contribution is -2.36. The van der Waals surface area contributed by atoms with Gasteiger partial charge in [-0.05, 0) is 31.9 Å². The summed E-state index contributed by atoms with van der Waals surface area (Å²) in [4.78, 5) is 21.5. The van der Waals surface area contributed by atoms with Crippen LogP contribution in [-0.4, -0.2) is 52.0 Å². The number of hydrogen-bond donors (Lipinski definition) is 0. The fraction of sp³-hybridized carbons (Fsp3) is 0.526. The molecule has 1 aliphatic rings. The van der Waals surface area contributed by atoms with Gasteiger partial charge in [0, 0.05) is 32.6 Å². The Hall–Kier alpha value is -1.92. The van der Waals surface area contributed by atoms with Crippen molar-refractivity contribution in [3.63, 3.8) is 0 Å². The maximum absolute atomic E-state index is 12.8. The molecule has 7 heteroatoms. The molecule has 26 heavy (non-hydrogen) atoms. The molecule has 0 saturated carbocycles. The van der Waals surface area contributed by atoms with Crippen molar-refractivity contribution < 1.29 is 9.32 Å². The molecule has 1 aromatic heterocycles. The summed E-state index contributed by atoms with van der Waals surface area (Å²) in [7, 11) is 0. The largest absolute Gasteiger partial charge is 0.338 e. The Labute approximate surface area is 159 Å². The zero-order valence-corrected chi connectivity index (χ0v) is 16.1. The summed E-state index contributed by atoms with van der Waals surface area (Å²) in [5, 5.41) is 4.55. The highest BCUT2D eigenvalue weighted by atomic mass is 35.5. The van der Waals surface area contributed by atoms with E-state index in [-0.39, 0.29) is 11.9 Å². The minimum absolute atomic E-state index is 0.00637. The van der Waals surface area contributed by atoms with Gasteiger partial charge in [0.2, 0.25) is 5.89 Å². The SMILES string of the molecule is CCCc1noc([C@H](C)N2CCCN(C(=O)c3ccccc3Cl)CC2)n1. The molecule has 1 saturated heterocycles. The lowest BCUT2D eigenvalue weighted by Gasteiger charge is -2.25. The third kappa shape index (κ3) is 4.24. The van der Waals surface area contributed by atoms with Crippen molar-refractivity contribution in [2.75, 3.05) is 26.2 Å². The molecule has 1 fully saturated rings. The number of nitrogens with zero attached hydrogens (tertiary/aromatic N) is 4. The maximum atomic E-state index is 12.8. The normalized spacial score (nSPS) is 17.1. The zero-order valence-electron chi connectivity index (χ0n) is 15.3. The Morgan fingerprint density at radius 1 is 1.27 bits per heavy atom. The molecule has 0 radical (unpaired) electrons. The van der Waals surface area contributed by atoms with E-state index in [0.717, 1.165) is 44.7 Å². The van der Waals surface area contributed by atoms with Gasteiger partial charge in [0.05, 0.1) is 16.6 Å². The number of carbonyl (C=O) groups is 1. The summed E-state index contributed by atoms with van der Waals surface area (Å²) in [6.45, 7) is 7.21. The van der Waals surface area contributed by atoms with Crippen LogP contribution in [0.15, 0.2) is 28.8 Å². The van der Waals surface area contributed by atoms with Gasteiger partial charge in [-0.25, -0.2) is 0 Å². The average Bonchev–Trinajstić information content (AvgIpc) is 2.97. The van der Waals surface area contributed by atoms with Crippen molar-refractivity contribution in [3.05, 3.63) is 46.6 Å². The van der Waals surface area contributed by atoms with Gasteiger partial charge in [-0.2, -0.15) is 4.98 Å². The van der Waals surface area contributed by atoms with Crippen molar-refractivity contribution >= 4 is 17.5 Å². The van der Waals surface area contributed by atoms with Gasteiger partial charge in [-0.3, -0.25) is 9.69 Å². The lowest BCUT2D eigenvalue weighted by molar-refractivity contribution is 0.0757. The van der Waals surface area contributed by atoms with Gasteiger partial charge < -0.3 is 9.42 Å². The Bertz CT molecular complexity index is 749. The number of benzene rings is 1. The quantitative estimate of drug-likeness (QED) is 0.798. The van der Waals surface area contributed by atoms with Crippen LogP contribution in [0.1, 0.15) is 54.8 Å². The first-order chi connectivity index (χ1) is 12.6. The molecule has 0 unspecified atom stereocenters. The molecule has 6 nitrogen and oxygen atoms in total. The first kappa shape index (κ1) is 18.9. The topological polar surface area (TPSA) is 62.5 Å². The van der Waals surface area contributed by atoms with Gasteiger partial charge >= 0.3 is 0 Å². The van der Waals surface area contributed by atoms with Crippen molar-refractivity contribution in [2.24, 2.45) is 0 Å². The zero-order chi connectivity index (χ0) is 18.5. The second kappa shape index (κ2) is 8.64. The highest BCUT2D eigenvalue weighted by Gasteiger charge is 2.26. The van der Waals surface area contributed by atoms with Crippen LogP contribution in [0.2, 0.25) is 5.02 Å². The highest BCUT2D eigenvalue weighted by Crippen LogP contribution is 2.22. The number of amides is 1. The van der Waals surface area contributed by atoms with Gasteiger partial charge in [0.15, 0.2) is 5.82 Å². The third-order valence-corrected chi connectivity index (χ3v) is 5.11. The minimum atomic E-state index is -0.00637. The van der Waals surface area contributed by atoms with Crippen LogP contribution in [0.3, 0.4) is 0 Å². The number of aromatic nitrogens is 2. The molecular weight excluding hydrogens is 352 g/mol. The van der Waals surface area contributed by atoms with Crippen molar-refractivity contribution in [2.45, 2.75) is 39.2 Å². The molecule has 2 heterocycles. The van der Waals surface area contributed by atoms with Crippen LogP contribution in [-0.2, 0) is 6.42 Å². The third-order valence-electron chi connectivity index (χ3n) is 4.78. The summed E-state index contributed by atoms with van der Waals surface area (Å²) in [5.74, 6) is 1.41. The van der Waals surface area contributed by atoms with Crippen LogP contribution in [0, 0.1) is 0 Å². The van der Waals surface area contributed by atoms with E-state index in [4.69, 9.17) is 16.1 Å². The number of rotatable bonds is 5. The predicted octanol–water partition coefficient (Wildman–Crippen LogP) is 3.58. The van der Waals surface area contributed by atoms with Crippen LogP contribution in [0.5, 0.6) is 0 Å². The van der Waals surface area contributed by atoms with E-state index in [1.54, 1.807) is 12.1 Å². The van der Waals surface area contributed by atoms with Crippen molar-refractivity contribution in [1.29, 1.82) is 0 Å². The first-order valence-electron chi connectivity index (χ1n) is 9.20. The lowest BCUT2D eigenvalue weighted by atomic mass is 10.2. The molecule has 140 valence electrons. The number of halogens is 1. The Kier molecular flexibility index (Phi) is 6.27. The molecule has 0 N–H and O–H groups in total. The summed E-state index contributed by atoms with van der Waals surface area (Å²) in [6.07, 6.45) is 2.73.